The number of hydrogen-bond donors (Lipinski definition) is 4. The molecule has 3 aromatic carbocycles. The lowest BCUT2D eigenvalue weighted by Gasteiger charge is -2.23. The normalized spacial score (nSPS) is 12.0. The molecule has 5 rings (SSSR count). The first-order chi connectivity index (χ1) is 22.7. The third kappa shape index (κ3) is 11.3. The van der Waals surface area contributed by atoms with Crippen molar-refractivity contribution in [1.29, 1.82) is 0 Å². The van der Waals surface area contributed by atoms with Gasteiger partial charge in [-0.05, 0) is 58.5 Å². The van der Waals surface area contributed by atoms with E-state index in [4.69, 9.17) is 0 Å². The Morgan fingerprint density at radius 3 is 1.63 bits per heavy atom. The molecule has 0 amide bonds. The quantitative estimate of drug-likeness (QED) is 0.0950. The minimum absolute atomic E-state index is 0.0301. The van der Waals surface area contributed by atoms with E-state index in [1.165, 1.54) is 27.8 Å². The monoisotopic (exact) mass is 614 g/mol. The highest BCUT2D eigenvalue weighted by molar-refractivity contribution is 5.64. The second-order valence-electron chi connectivity index (χ2n) is 11.6. The second kappa shape index (κ2) is 18.7. The van der Waals surface area contributed by atoms with Gasteiger partial charge < -0.3 is 21.1 Å². The Labute approximate surface area is 273 Å². The molecule has 238 valence electrons. The van der Waals surface area contributed by atoms with E-state index in [0.717, 1.165) is 70.2 Å². The summed E-state index contributed by atoms with van der Waals surface area (Å²) >= 11 is 0. The fraction of sp³-hybridized carbons (Fsp3) is 0.282. The van der Waals surface area contributed by atoms with Gasteiger partial charge in [0.25, 0.3) is 0 Å². The number of aliphatic hydroxyl groups excluding tert-OH is 1. The Balaban J connectivity index is 1.11. The molecule has 1 atom stereocenters. The van der Waals surface area contributed by atoms with Crippen molar-refractivity contribution in [3.8, 4) is 11.1 Å². The van der Waals surface area contributed by atoms with Crippen LogP contribution in [0.25, 0.3) is 11.1 Å². The van der Waals surface area contributed by atoms with Crippen LogP contribution in [0.4, 0.5) is 0 Å². The van der Waals surface area contributed by atoms with Gasteiger partial charge >= 0.3 is 0 Å². The molecule has 0 saturated heterocycles. The van der Waals surface area contributed by atoms with Crippen LogP contribution in [0.15, 0.2) is 128 Å². The van der Waals surface area contributed by atoms with E-state index >= 15 is 0 Å². The van der Waals surface area contributed by atoms with E-state index in [0.29, 0.717) is 0 Å². The molecule has 0 fully saturated rings. The van der Waals surface area contributed by atoms with E-state index in [-0.39, 0.29) is 12.6 Å². The third-order valence-electron chi connectivity index (χ3n) is 8.06. The molecule has 0 bridgehead atoms. The summed E-state index contributed by atoms with van der Waals surface area (Å²) in [7, 11) is 0. The van der Waals surface area contributed by atoms with E-state index in [9.17, 15) is 5.11 Å². The fourth-order valence-electron chi connectivity index (χ4n) is 5.42. The van der Waals surface area contributed by atoms with E-state index < -0.39 is 0 Å². The van der Waals surface area contributed by atoms with Crippen LogP contribution in [0, 0.1) is 0 Å². The highest BCUT2D eigenvalue weighted by Gasteiger charge is 2.10. The summed E-state index contributed by atoms with van der Waals surface area (Å²) < 4.78 is 0. The molecular weight excluding hydrogens is 568 g/mol. The largest absolute Gasteiger partial charge is 0.395 e. The molecule has 0 saturated carbocycles. The molecule has 0 aliphatic heterocycles. The topological polar surface area (TPSA) is 85.3 Å². The summed E-state index contributed by atoms with van der Waals surface area (Å²) in [4.78, 5) is 11.3. The molecule has 0 aliphatic rings. The van der Waals surface area contributed by atoms with Gasteiger partial charge in [0.05, 0.1) is 18.0 Å². The molecule has 0 spiro atoms. The van der Waals surface area contributed by atoms with Gasteiger partial charge in [-0.3, -0.25) is 14.9 Å². The molecule has 4 N–H and O–H groups in total. The molecule has 0 radical (unpaired) electrons. The van der Waals surface area contributed by atoms with Gasteiger partial charge in [0.1, 0.15) is 0 Å². The SMILES string of the molecule is OCC(Cc1ccccc1)NCc1ccc(-c2ccc(CN(CCNCc3ccccn3)CCNCc3ccccn3)cc2)cc1. The maximum absolute atomic E-state index is 9.85. The highest BCUT2D eigenvalue weighted by atomic mass is 16.3. The summed E-state index contributed by atoms with van der Waals surface area (Å²) in [6, 6.07) is 40.0. The standard InChI is InChI=1S/C39H46N6O/c46-31-39(26-32-8-2-1-3-9-32)44-27-33-12-16-35(17-13-33)36-18-14-34(15-19-36)30-45(24-22-40-28-37-10-4-6-20-42-37)25-23-41-29-38-11-5-7-21-43-38/h1-21,39-41,44,46H,22-31H2. The Bertz CT molecular complexity index is 1470. The Kier molecular flexibility index (Phi) is 13.4. The first-order valence-corrected chi connectivity index (χ1v) is 16.2. The number of aromatic nitrogens is 2. The van der Waals surface area contributed by atoms with Crippen molar-refractivity contribution < 1.29 is 5.11 Å². The maximum atomic E-state index is 9.85. The van der Waals surface area contributed by atoms with Gasteiger partial charge in [0.2, 0.25) is 0 Å². The zero-order chi connectivity index (χ0) is 31.7. The van der Waals surface area contributed by atoms with E-state index in [1.807, 2.05) is 54.9 Å². The molecule has 7 nitrogen and oxygen atoms in total. The van der Waals surface area contributed by atoms with Crippen LogP contribution in [0.1, 0.15) is 28.1 Å². The van der Waals surface area contributed by atoms with Crippen LogP contribution in [0.3, 0.4) is 0 Å². The smallest absolute Gasteiger partial charge is 0.0587 e. The number of hydrogen-bond acceptors (Lipinski definition) is 7. The third-order valence-corrected chi connectivity index (χ3v) is 8.06. The maximum Gasteiger partial charge on any atom is 0.0587 e. The zero-order valence-corrected chi connectivity index (χ0v) is 26.6. The Morgan fingerprint density at radius 1 is 0.565 bits per heavy atom. The number of nitrogens with zero attached hydrogens (tertiary/aromatic N) is 3. The molecule has 5 aromatic rings. The minimum atomic E-state index is 0.0301. The van der Waals surface area contributed by atoms with Gasteiger partial charge in [-0.25, -0.2) is 0 Å². The van der Waals surface area contributed by atoms with Crippen molar-refractivity contribution in [2.45, 2.75) is 38.6 Å². The number of benzene rings is 3. The van der Waals surface area contributed by atoms with Crippen LogP contribution in [0.2, 0.25) is 0 Å². The summed E-state index contributed by atoms with van der Waals surface area (Å²) in [5, 5.41) is 20.4. The zero-order valence-electron chi connectivity index (χ0n) is 26.6. The van der Waals surface area contributed by atoms with Gasteiger partial charge in [-0.1, -0.05) is 91.0 Å². The molecule has 46 heavy (non-hydrogen) atoms. The van der Waals surface area contributed by atoms with Crippen LogP contribution in [0.5, 0.6) is 0 Å². The van der Waals surface area contributed by atoms with Gasteiger partial charge in [0, 0.05) is 70.8 Å². The van der Waals surface area contributed by atoms with Crippen molar-refractivity contribution >= 4 is 0 Å². The number of rotatable bonds is 19. The molecule has 2 aromatic heterocycles. The van der Waals surface area contributed by atoms with Crippen molar-refractivity contribution in [1.82, 2.24) is 30.8 Å². The number of pyridine rings is 2. The van der Waals surface area contributed by atoms with Gasteiger partial charge in [0.15, 0.2) is 0 Å². The number of aliphatic hydroxyl groups is 1. The molecule has 1 unspecified atom stereocenters. The number of nitrogens with one attached hydrogen (secondary N) is 3. The average molecular weight is 615 g/mol. The molecule has 2 heterocycles. The average Bonchev–Trinajstić information content (AvgIpc) is 3.12. The van der Waals surface area contributed by atoms with Crippen molar-refractivity contribution in [3.63, 3.8) is 0 Å². The van der Waals surface area contributed by atoms with Crippen molar-refractivity contribution in [3.05, 3.63) is 156 Å². The lowest BCUT2D eigenvalue weighted by molar-refractivity contribution is 0.241. The van der Waals surface area contributed by atoms with Crippen LogP contribution in [-0.2, 0) is 32.6 Å². The van der Waals surface area contributed by atoms with Gasteiger partial charge in [-0.2, -0.15) is 0 Å². The predicted octanol–water partition coefficient (Wildman–Crippen LogP) is 5.22. The van der Waals surface area contributed by atoms with Crippen molar-refractivity contribution in [2.75, 3.05) is 32.8 Å². The predicted molar refractivity (Wildman–Crippen MR) is 187 cm³/mol. The Morgan fingerprint density at radius 2 is 1.11 bits per heavy atom. The molecule has 7 heteroatoms. The first kappa shape index (κ1) is 33.1. The lowest BCUT2D eigenvalue weighted by atomic mass is 10.0. The van der Waals surface area contributed by atoms with Crippen LogP contribution < -0.4 is 16.0 Å². The summed E-state index contributed by atoms with van der Waals surface area (Å²) in [6.45, 7) is 6.92. The summed E-state index contributed by atoms with van der Waals surface area (Å²) in [5.74, 6) is 0. The van der Waals surface area contributed by atoms with E-state index in [2.05, 4.69) is 104 Å². The van der Waals surface area contributed by atoms with E-state index in [1.54, 1.807) is 0 Å². The highest BCUT2D eigenvalue weighted by Crippen LogP contribution is 2.21. The summed E-state index contributed by atoms with van der Waals surface area (Å²) in [5.41, 5.74) is 8.26. The Hall–Kier alpha value is -4.24. The minimum Gasteiger partial charge on any atom is -0.395 e. The van der Waals surface area contributed by atoms with Gasteiger partial charge in [-0.15, -0.1) is 0 Å². The first-order valence-electron chi connectivity index (χ1n) is 16.2. The molecule has 0 aliphatic carbocycles. The molecular formula is C39H46N6O. The fourth-order valence-corrected chi connectivity index (χ4v) is 5.42. The van der Waals surface area contributed by atoms with Crippen LogP contribution >= 0.6 is 0 Å². The van der Waals surface area contributed by atoms with Crippen LogP contribution in [-0.4, -0.2) is 58.8 Å². The lowest BCUT2D eigenvalue weighted by Crippen LogP contribution is -2.36. The second-order valence-corrected chi connectivity index (χ2v) is 11.6. The summed E-state index contributed by atoms with van der Waals surface area (Å²) in [6.07, 6.45) is 4.49. The van der Waals surface area contributed by atoms with Crippen molar-refractivity contribution in [2.24, 2.45) is 0 Å².